The fourth-order valence-electron chi connectivity index (χ4n) is 6.43. The molecular weight excluding hydrogens is 554 g/mol. The van der Waals surface area contributed by atoms with E-state index < -0.39 is 0 Å². The average Bonchev–Trinajstić information content (AvgIpc) is 3.39. The number of aliphatic hydroxyl groups excluding tert-OH is 1. The first-order chi connectivity index (χ1) is 21.4. The summed E-state index contributed by atoms with van der Waals surface area (Å²) in [7, 11) is 3.50. The topological polar surface area (TPSA) is 126 Å². The van der Waals surface area contributed by atoms with Gasteiger partial charge in [-0.15, -0.1) is 0 Å². The summed E-state index contributed by atoms with van der Waals surface area (Å²) >= 11 is 0. The smallest absolute Gasteiger partial charge is 0.276 e. The molecule has 0 aliphatic heterocycles. The number of ether oxygens (including phenoxy) is 1. The Hall–Kier alpha value is -4.44. The molecule has 2 aromatic carbocycles. The van der Waals surface area contributed by atoms with Crippen molar-refractivity contribution in [2.75, 3.05) is 23.1 Å². The number of hydrogen-bond acceptors (Lipinski definition) is 8. The maximum atomic E-state index is 13.6. The number of para-hydroxylation sites is 1. The van der Waals surface area contributed by atoms with Crippen LogP contribution in [-0.2, 0) is 32.7 Å². The van der Waals surface area contributed by atoms with Crippen molar-refractivity contribution in [1.29, 1.82) is 0 Å². The summed E-state index contributed by atoms with van der Waals surface area (Å²) in [5, 5.41) is 24.6. The molecule has 2 aliphatic carbocycles. The highest BCUT2D eigenvalue weighted by molar-refractivity contribution is 6.06. The molecule has 6 rings (SSSR count). The third-order valence-corrected chi connectivity index (χ3v) is 8.85. The van der Waals surface area contributed by atoms with Crippen molar-refractivity contribution in [3.8, 4) is 17.1 Å². The number of aryl methyl sites for hydroxylation is 4. The molecule has 0 radical (unpaired) electrons. The Morgan fingerprint density at radius 1 is 1.07 bits per heavy atom. The van der Waals surface area contributed by atoms with Crippen LogP contribution in [0.3, 0.4) is 0 Å². The first-order valence-corrected chi connectivity index (χ1v) is 15.6. The second kappa shape index (κ2) is 12.7. The normalized spacial score (nSPS) is 17.4. The monoisotopic (exact) mass is 595 g/mol. The van der Waals surface area contributed by atoms with Crippen molar-refractivity contribution in [1.82, 2.24) is 19.7 Å². The fraction of sp³-hybridized carbons (Fsp3) is 0.412. The average molecular weight is 596 g/mol. The lowest BCUT2D eigenvalue weighted by Crippen LogP contribution is -2.28. The predicted molar refractivity (Wildman–Crippen MR) is 173 cm³/mol. The molecule has 1 saturated carbocycles. The van der Waals surface area contributed by atoms with Crippen LogP contribution in [0.25, 0.3) is 11.4 Å². The number of aliphatic hydroxyl groups is 1. The third kappa shape index (κ3) is 5.86. The molecule has 1 amide bonds. The van der Waals surface area contributed by atoms with E-state index in [1.165, 1.54) is 0 Å². The van der Waals surface area contributed by atoms with E-state index in [0.717, 1.165) is 95.6 Å². The van der Waals surface area contributed by atoms with Crippen molar-refractivity contribution in [3.63, 3.8) is 0 Å². The van der Waals surface area contributed by atoms with E-state index in [1.807, 2.05) is 37.5 Å². The maximum Gasteiger partial charge on any atom is 0.276 e. The minimum atomic E-state index is -0.198. The van der Waals surface area contributed by atoms with Gasteiger partial charge in [0.25, 0.3) is 5.91 Å². The quantitative estimate of drug-likeness (QED) is 0.191. The van der Waals surface area contributed by atoms with Gasteiger partial charge in [-0.05, 0) is 80.2 Å². The van der Waals surface area contributed by atoms with E-state index in [0.29, 0.717) is 29.9 Å². The number of hydrogen-bond donors (Lipinski definition) is 4. The van der Waals surface area contributed by atoms with Gasteiger partial charge in [-0.2, -0.15) is 5.10 Å². The lowest BCUT2D eigenvalue weighted by atomic mass is 9.93. The summed E-state index contributed by atoms with van der Waals surface area (Å²) in [5.41, 5.74) is 8.81. The zero-order chi connectivity index (χ0) is 30.8. The van der Waals surface area contributed by atoms with Gasteiger partial charge < -0.3 is 25.8 Å². The number of benzene rings is 2. The number of anilines is 4. The van der Waals surface area contributed by atoms with Gasteiger partial charge in [-0.25, -0.2) is 9.97 Å². The Morgan fingerprint density at radius 3 is 2.52 bits per heavy atom. The van der Waals surface area contributed by atoms with E-state index in [2.05, 4.69) is 52.0 Å². The van der Waals surface area contributed by atoms with Gasteiger partial charge in [-0.3, -0.25) is 9.48 Å². The van der Waals surface area contributed by atoms with Gasteiger partial charge in [0.15, 0.2) is 5.69 Å². The van der Waals surface area contributed by atoms with Crippen LogP contribution in [0.15, 0.2) is 42.6 Å². The number of rotatable bonds is 9. The van der Waals surface area contributed by atoms with Crippen LogP contribution in [0, 0.1) is 0 Å². The minimum Gasteiger partial charge on any atom is -0.494 e. The van der Waals surface area contributed by atoms with Crippen molar-refractivity contribution >= 4 is 28.9 Å². The van der Waals surface area contributed by atoms with Gasteiger partial charge >= 0.3 is 0 Å². The number of carbonyl (C=O) groups is 1. The predicted octanol–water partition coefficient (Wildman–Crippen LogP) is 5.82. The van der Waals surface area contributed by atoms with Crippen LogP contribution < -0.4 is 20.7 Å². The molecule has 44 heavy (non-hydrogen) atoms. The number of fused-ring (bicyclic) bond motifs is 3. The van der Waals surface area contributed by atoms with Gasteiger partial charge in [0.1, 0.15) is 5.75 Å². The molecular formula is C34H41N7O3. The summed E-state index contributed by atoms with van der Waals surface area (Å²) in [4.78, 5) is 23.1. The fourth-order valence-corrected chi connectivity index (χ4v) is 6.43. The van der Waals surface area contributed by atoms with Gasteiger partial charge in [0, 0.05) is 42.3 Å². The number of nitrogens with zero attached hydrogens (tertiary/aromatic N) is 4. The van der Waals surface area contributed by atoms with E-state index >= 15 is 0 Å². The lowest BCUT2D eigenvalue weighted by Gasteiger charge is -2.27. The largest absolute Gasteiger partial charge is 0.494 e. The van der Waals surface area contributed by atoms with Crippen LogP contribution in [0.1, 0.15) is 72.3 Å². The lowest BCUT2D eigenvalue weighted by molar-refractivity contribution is 0.102. The third-order valence-electron chi connectivity index (χ3n) is 8.85. The summed E-state index contributed by atoms with van der Waals surface area (Å²) < 4.78 is 7.47. The van der Waals surface area contributed by atoms with Crippen LogP contribution in [0.5, 0.6) is 5.75 Å². The summed E-state index contributed by atoms with van der Waals surface area (Å²) in [5.74, 6) is 0.913. The van der Waals surface area contributed by atoms with Gasteiger partial charge in [0.05, 0.1) is 30.3 Å². The number of nitrogens with one attached hydrogen (secondary N) is 3. The number of methoxy groups -OCH3 is 1. The molecule has 10 heteroatoms. The summed E-state index contributed by atoms with van der Waals surface area (Å²) in [6, 6.07) is 12.4. The molecule has 1 fully saturated rings. The van der Waals surface area contributed by atoms with Crippen LogP contribution in [-0.4, -0.2) is 50.0 Å². The Labute approximate surface area is 258 Å². The Morgan fingerprint density at radius 2 is 1.82 bits per heavy atom. The van der Waals surface area contributed by atoms with E-state index in [4.69, 9.17) is 9.72 Å². The van der Waals surface area contributed by atoms with Gasteiger partial charge in [0.2, 0.25) is 5.95 Å². The first-order valence-electron chi connectivity index (χ1n) is 15.6. The summed E-state index contributed by atoms with van der Waals surface area (Å²) in [6.07, 6.45) is 8.27. The molecule has 0 saturated heterocycles. The number of aromatic nitrogens is 4. The molecule has 4 aromatic rings. The molecule has 10 nitrogen and oxygen atoms in total. The minimum absolute atomic E-state index is 0.186. The van der Waals surface area contributed by atoms with Crippen LogP contribution in [0.2, 0.25) is 0 Å². The highest BCUT2D eigenvalue weighted by Gasteiger charge is 2.29. The first kappa shape index (κ1) is 29.6. The van der Waals surface area contributed by atoms with E-state index in [1.54, 1.807) is 11.8 Å². The molecule has 2 aliphatic rings. The summed E-state index contributed by atoms with van der Waals surface area (Å²) in [6.45, 7) is 4.20. The Balaban J connectivity index is 1.24. The van der Waals surface area contributed by atoms with Crippen molar-refractivity contribution in [3.05, 3.63) is 70.5 Å². The van der Waals surface area contributed by atoms with Gasteiger partial charge in [-0.1, -0.05) is 32.0 Å². The van der Waals surface area contributed by atoms with Crippen molar-refractivity contribution in [2.24, 2.45) is 7.05 Å². The standard InChI is InChI=1S/C34H41N7O3/c1-5-20-8-7-9-21(6-2)29(20)38-33(43)31-26-16-10-22-19-35-34(39-30(22)32(26)41(3)40-31)37-27-17-13-24(18-28(27)44-4)36-23-11-14-25(42)15-12-23/h7-9,13,17-19,23,25,36,42H,5-6,10-12,14-16H2,1-4H3,(H,38,43)(H,35,37,39). The second-order valence-electron chi connectivity index (χ2n) is 11.7. The Bertz CT molecular complexity index is 1650. The Kier molecular flexibility index (Phi) is 8.52. The van der Waals surface area contributed by atoms with Crippen molar-refractivity contribution in [2.45, 2.75) is 77.4 Å². The van der Waals surface area contributed by atoms with E-state index in [9.17, 15) is 9.90 Å². The molecule has 0 unspecified atom stereocenters. The molecule has 2 aromatic heterocycles. The van der Waals surface area contributed by atoms with Crippen LogP contribution in [0.4, 0.5) is 23.0 Å². The van der Waals surface area contributed by atoms with Crippen molar-refractivity contribution < 1.29 is 14.6 Å². The molecule has 230 valence electrons. The molecule has 0 spiro atoms. The highest BCUT2D eigenvalue weighted by Crippen LogP contribution is 2.36. The highest BCUT2D eigenvalue weighted by atomic mass is 16.5. The van der Waals surface area contributed by atoms with Crippen LogP contribution >= 0.6 is 0 Å². The second-order valence-corrected chi connectivity index (χ2v) is 11.7. The number of amides is 1. The molecule has 2 heterocycles. The molecule has 0 atom stereocenters. The van der Waals surface area contributed by atoms with E-state index in [-0.39, 0.29) is 12.0 Å². The zero-order valence-electron chi connectivity index (χ0n) is 25.9. The molecule has 4 N–H and O–H groups in total. The number of carbonyl (C=O) groups excluding carboxylic acids is 1. The zero-order valence-corrected chi connectivity index (χ0v) is 25.9. The maximum absolute atomic E-state index is 13.6. The molecule has 0 bridgehead atoms. The SMILES string of the molecule is CCc1cccc(CC)c1NC(=O)c1nn(C)c2c1CCc1cnc(Nc3ccc(NC4CCC(O)CC4)cc3OC)nc1-2.